The van der Waals surface area contributed by atoms with Crippen LogP contribution in [0.4, 0.5) is 0 Å². The fraction of sp³-hybridized carbons (Fsp3) is 0.769. The van der Waals surface area contributed by atoms with Gasteiger partial charge in [0.15, 0.2) is 0 Å². The van der Waals surface area contributed by atoms with Crippen LogP contribution >= 0.6 is 0 Å². The van der Waals surface area contributed by atoms with Crippen LogP contribution in [-0.2, 0) is 13.1 Å². The number of imidazole rings is 1. The number of nitrogens with two attached hydrogens (primary N) is 1. The Morgan fingerprint density at radius 1 is 1.47 bits per heavy atom. The first-order valence-corrected chi connectivity index (χ1v) is 6.48. The predicted molar refractivity (Wildman–Crippen MR) is 71.7 cm³/mol. The minimum Gasteiger partial charge on any atom is -0.334 e. The summed E-state index contributed by atoms with van der Waals surface area (Å²) in [4.78, 5) is 6.67. The van der Waals surface area contributed by atoms with Crippen molar-refractivity contribution in [3.63, 3.8) is 0 Å². The lowest BCUT2D eigenvalue weighted by molar-refractivity contribution is 0.286. The van der Waals surface area contributed by atoms with E-state index in [0.29, 0.717) is 12.0 Å². The Balaban J connectivity index is 2.37. The molecule has 0 aromatic carbocycles. The van der Waals surface area contributed by atoms with Crippen molar-refractivity contribution in [1.82, 2.24) is 14.5 Å². The molecule has 0 amide bonds. The van der Waals surface area contributed by atoms with Gasteiger partial charge in [-0.1, -0.05) is 13.8 Å². The first kappa shape index (κ1) is 14.2. The molecule has 98 valence electrons. The van der Waals surface area contributed by atoms with Crippen molar-refractivity contribution >= 4 is 0 Å². The SMILES string of the molecule is CCn1ccnc1CN(C)CCC(N)C(C)C. The molecule has 1 heterocycles. The second-order valence-corrected chi connectivity index (χ2v) is 5.06. The van der Waals surface area contributed by atoms with Gasteiger partial charge in [-0.2, -0.15) is 0 Å². The van der Waals surface area contributed by atoms with E-state index in [9.17, 15) is 0 Å². The summed E-state index contributed by atoms with van der Waals surface area (Å²) < 4.78 is 2.18. The Morgan fingerprint density at radius 3 is 2.76 bits per heavy atom. The molecule has 2 N–H and O–H groups in total. The Morgan fingerprint density at radius 2 is 2.18 bits per heavy atom. The van der Waals surface area contributed by atoms with Crippen molar-refractivity contribution in [2.75, 3.05) is 13.6 Å². The fourth-order valence-electron chi connectivity index (χ4n) is 1.80. The minimum atomic E-state index is 0.295. The van der Waals surface area contributed by atoms with Crippen LogP contribution in [-0.4, -0.2) is 34.1 Å². The molecule has 0 fully saturated rings. The number of aromatic nitrogens is 2. The van der Waals surface area contributed by atoms with Gasteiger partial charge in [0.1, 0.15) is 5.82 Å². The van der Waals surface area contributed by atoms with E-state index < -0.39 is 0 Å². The maximum Gasteiger partial charge on any atom is 0.122 e. The van der Waals surface area contributed by atoms with Crippen molar-refractivity contribution in [3.05, 3.63) is 18.2 Å². The van der Waals surface area contributed by atoms with Crippen LogP contribution in [0.25, 0.3) is 0 Å². The van der Waals surface area contributed by atoms with Gasteiger partial charge < -0.3 is 10.3 Å². The molecule has 1 atom stereocenters. The lowest BCUT2D eigenvalue weighted by Crippen LogP contribution is -2.32. The normalized spacial score (nSPS) is 13.6. The maximum absolute atomic E-state index is 6.05. The Hall–Kier alpha value is -0.870. The van der Waals surface area contributed by atoms with Crippen molar-refractivity contribution < 1.29 is 0 Å². The Bertz CT molecular complexity index is 319. The minimum absolute atomic E-state index is 0.295. The molecule has 1 unspecified atom stereocenters. The largest absolute Gasteiger partial charge is 0.334 e. The number of nitrogens with zero attached hydrogens (tertiary/aromatic N) is 3. The number of hydrogen-bond donors (Lipinski definition) is 1. The van der Waals surface area contributed by atoms with E-state index in [-0.39, 0.29) is 0 Å². The lowest BCUT2D eigenvalue weighted by atomic mass is 10.0. The molecule has 4 nitrogen and oxygen atoms in total. The monoisotopic (exact) mass is 238 g/mol. The molecule has 0 aliphatic carbocycles. The van der Waals surface area contributed by atoms with Crippen molar-refractivity contribution in [1.29, 1.82) is 0 Å². The topological polar surface area (TPSA) is 47.1 Å². The maximum atomic E-state index is 6.05. The van der Waals surface area contributed by atoms with Crippen LogP contribution < -0.4 is 5.73 Å². The highest BCUT2D eigenvalue weighted by atomic mass is 15.2. The zero-order chi connectivity index (χ0) is 12.8. The van der Waals surface area contributed by atoms with E-state index in [0.717, 1.165) is 31.9 Å². The fourth-order valence-corrected chi connectivity index (χ4v) is 1.80. The zero-order valence-electron chi connectivity index (χ0n) is 11.6. The highest BCUT2D eigenvalue weighted by Gasteiger charge is 2.10. The predicted octanol–water partition coefficient (Wildman–Crippen LogP) is 1.71. The molecule has 0 aliphatic heterocycles. The third kappa shape index (κ3) is 4.48. The van der Waals surface area contributed by atoms with E-state index in [2.05, 4.69) is 42.3 Å². The molecule has 0 saturated heterocycles. The summed E-state index contributed by atoms with van der Waals surface area (Å²) in [6.45, 7) is 9.39. The molecule has 1 rings (SSSR count). The summed E-state index contributed by atoms with van der Waals surface area (Å²) >= 11 is 0. The number of hydrogen-bond acceptors (Lipinski definition) is 3. The molecule has 1 aromatic heterocycles. The summed E-state index contributed by atoms with van der Waals surface area (Å²) in [6.07, 6.45) is 4.94. The van der Waals surface area contributed by atoms with Crippen molar-refractivity contribution in [2.45, 2.75) is 46.3 Å². The Labute approximate surface area is 105 Å². The van der Waals surface area contributed by atoms with Crippen LogP contribution in [0.15, 0.2) is 12.4 Å². The average molecular weight is 238 g/mol. The van der Waals surface area contributed by atoms with E-state index in [4.69, 9.17) is 5.73 Å². The quantitative estimate of drug-likeness (QED) is 0.786. The second-order valence-electron chi connectivity index (χ2n) is 5.06. The third-order valence-corrected chi connectivity index (χ3v) is 3.25. The van der Waals surface area contributed by atoms with Crippen LogP contribution in [0.5, 0.6) is 0 Å². The third-order valence-electron chi connectivity index (χ3n) is 3.25. The van der Waals surface area contributed by atoms with Crippen LogP contribution in [0.2, 0.25) is 0 Å². The van der Waals surface area contributed by atoms with Gasteiger partial charge in [-0.3, -0.25) is 4.90 Å². The van der Waals surface area contributed by atoms with Gasteiger partial charge in [0.25, 0.3) is 0 Å². The van der Waals surface area contributed by atoms with Gasteiger partial charge in [-0.15, -0.1) is 0 Å². The van der Waals surface area contributed by atoms with Gasteiger partial charge >= 0.3 is 0 Å². The standard InChI is InChI=1S/C13H26N4/c1-5-17-9-7-15-13(17)10-16(4)8-6-12(14)11(2)3/h7,9,11-12H,5-6,8,10,14H2,1-4H3. The molecule has 4 heteroatoms. The summed E-state index contributed by atoms with van der Waals surface area (Å²) in [6, 6.07) is 0.295. The smallest absolute Gasteiger partial charge is 0.122 e. The molecule has 17 heavy (non-hydrogen) atoms. The van der Waals surface area contributed by atoms with Crippen LogP contribution in [0.3, 0.4) is 0 Å². The molecule has 0 radical (unpaired) electrons. The first-order chi connectivity index (χ1) is 8.04. The molecule has 0 bridgehead atoms. The number of aryl methyl sites for hydroxylation is 1. The molecule has 0 aliphatic rings. The van der Waals surface area contributed by atoms with E-state index >= 15 is 0 Å². The molecular formula is C13H26N4. The molecule has 0 saturated carbocycles. The lowest BCUT2D eigenvalue weighted by Gasteiger charge is -2.21. The molecule has 0 spiro atoms. The highest BCUT2D eigenvalue weighted by molar-refractivity contribution is 4.91. The number of rotatable bonds is 7. The highest BCUT2D eigenvalue weighted by Crippen LogP contribution is 2.06. The van der Waals surface area contributed by atoms with E-state index in [1.165, 1.54) is 0 Å². The van der Waals surface area contributed by atoms with Gasteiger partial charge in [0, 0.05) is 25.0 Å². The zero-order valence-corrected chi connectivity index (χ0v) is 11.6. The van der Waals surface area contributed by atoms with Crippen molar-refractivity contribution in [2.24, 2.45) is 11.7 Å². The Kier molecular flexibility index (Phi) is 5.65. The van der Waals surface area contributed by atoms with Crippen LogP contribution in [0, 0.1) is 5.92 Å². The summed E-state index contributed by atoms with van der Waals surface area (Å²) in [7, 11) is 2.13. The van der Waals surface area contributed by atoms with Gasteiger partial charge in [0.05, 0.1) is 6.54 Å². The summed E-state index contributed by atoms with van der Waals surface area (Å²) in [5, 5.41) is 0. The second kappa shape index (κ2) is 6.77. The summed E-state index contributed by atoms with van der Waals surface area (Å²) in [5.74, 6) is 1.69. The molecule has 1 aromatic rings. The van der Waals surface area contributed by atoms with Gasteiger partial charge in [-0.05, 0) is 32.9 Å². The van der Waals surface area contributed by atoms with Gasteiger partial charge in [-0.25, -0.2) is 4.98 Å². The van der Waals surface area contributed by atoms with E-state index in [1.54, 1.807) is 0 Å². The van der Waals surface area contributed by atoms with E-state index in [1.807, 2.05) is 12.4 Å². The summed E-state index contributed by atoms with van der Waals surface area (Å²) in [5.41, 5.74) is 6.05. The first-order valence-electron chi connectivity index (χ1n) is 6.48. The van der Waals surface area contributed by atoms with Crippen molar-refractivity contribution in [3.8, 4) is 0 Å². The average Bonchev–Trinajstić information content (AvgIpc) is 2.72. The van der Waals surface area contributed by atoms with Crippen LogP contribution in [0.1, 0.15) is 33.0 Å². The van der Waals surface area contributed by atoms with Gasteiger partial charge in [0.2, 0.25) is 0 Å². The molecular weight excluding hydrogens is 212 g/mol.